The van der Waals surface area contributed by atoms with E-state index in [-0.39, 0.29) is 23.8 Å². The van der Waals surface area contributed by atoms with Crippen molar-refractivity contribution in [2.75, 3.05) is 23.9 Å². The van der Waals surface area contributed by atoms with Crippen molar-refractivity contribution >= 4 is 29.1 Å². The summed E-state index contributed by atoms with van der Waals surface area (Å²) < 4.78 is 5.22. The first-order chi connectivity index (χ1) is 15.5. The first-order valence-electron chi connectivity index (χ1n) is 11.3. The minimum Gasteiger partial charge on any atom is -0.497 e. The van der Waals surface area contributed by atoms with E-state index in [1.54, 1.807) is 31.4 Å². The summed E-state index contributed by atoms with van der Waals surface area (Å²) >= 11 is 0. The van der Waals surface area contributed by atoms with E-state index >= 15 is 0 Å². The maximum absolute atomic E-state index is 13.9. The summed E-state index contributed by atoms with van der Waals surface area (Å²) in [7, 11) is 1.57. The van der Waals surface area contributed by atoms with Gasteiger partial charge in [0.2, 0.25) is 17.7 Å². The van der Waals surface area contributed by atoms with Crippen molar-refractivity contribution in [1.29, 1.82) is 0 Å². The van der Waals surface area contributed by atoms with Crippen molar-refractivity contribution in [2.45, 2.75) is 37.8 Å². The molecule has 3 amide bonds. The van der Waals surface area contributed by atoms with Gasteiger partial charge in [0.25, 0.3) is 0 Å². The molecule has 3 fully saturated rings. The fourth-order valence-corrected chi connectivity index (χ4v) is 6.46. The molecule has 0 aromatic heterocycles. The number of aryl methyl sites for hydroxylation is 1. The molecular formula is C25H25N3O4. The number of benzene rings is 2. The van der Waals surface area contributed by atoms with Gasteiger partial charge in [-0.25, -0.2) is 4.90 Å². The summed E-state index contributed by atoms with van der Waals surface area (Å²) in [6, 6.07) is 12.8. The average molecular weight is 431 g/mol. The molecule has 32 heavy (non-hydrogen) atoms. The van der Waals surface area contributed by atoms with Crippen LogP contribution in [0, 0.1) is 11.8 Å². The van der Waals surface area contributed by atoms with Crippen LogP contribution >= 0.6 is 0 Å². The van der Waals surface area contributed by atoms with Crippen molar-refractivity contribution in [3.05, 3.63) is 53.6 Å². The standard InChI is InChI=1S/C25H25N3O4/c1-3-14-6-11-18-17(13-14)25(24(31)26-18)21-20(19-5-4-12-27(19)25)22(29)28(23(21)30)15-7-9-16(32-2)10-8-15/h6-11,13,19-21H,3-5,12H2,1-2H3,(H,26,31). The van der Waals surface area contributed by atoms with Gasteiger partial charge in [-0.3, -0.25) is 19.3 Å². The fourth-order valence-electron chi connectivity index (χ4n) is 6.46. The molecule has 4 atom stereocenters. The second kappa shape index (κ2) is 6.65. The van der Waals surface area contributed by atoms with Crippen LogP contribution < -0.4 is 15.0 Å². The molecular weight excluding hydrogens is 406 g/mol. The van der Waals surface area contributed by atoms with Crippen molar-refractivity contribution in [3.8, 4) is 5.75 Å². The lowest BCUT2D eigenvalue weighted by Crippen LogP contribution is -2.54. The molecule has 4 unspecified atom stereocenters. The van der Waals surface area contributed by atoms with Crippen LogP contribution in [0.15, 0.2) is 42.5 Å². The van der Waals surface area contributed by atoms with Gasteiger partial charge in [0.05, 0.1) is 24.6 Å². The van der Waals surface area contributed by atoms with E-state index in [0.29, 0.717) is 18.0 Å². The predicted octanol–water partition coefficient (Wildman–Crippen LogP) is 2.69. The SMILES string of the molecule is CCc1ccc2c(c1)C1(C(=O)N2)C2C(=O)N(c3ccc(OC)cc3)C(=O)C2C2CCCN21. The number of hydrogen-bond acceptors (Lipinski definition) is 5. The summed E-state index contributed by atoms with van der Waals surface area (Å²) in [5, 5.41) is 3.03. The van der Waals surface area contributed by atoms with Crippen LogP contribution in [0.5, 0.6) is 5.75 Å². The van der Waals surface area contributed by atoms with Gasteiger partial charge in [0, 0.05) is 17.3 Å². The van der Waals surface area contributed by atoms with E-state index in [4.69, 9.17) is 4.74 Å². The number of ether oxygens (including phenoxy) is 1. The van der Waals surface area contributed by atoms with E-state index in [2.05, 4.69) is 23.2 Å². The highest BCUT2D eigenvalue weighted by Crippen LogP contribution is 2.60. The smallest absolute Gasteiger partial charge is 0.250 e. The summed E-state index contributed by atoms with van der Waals surface area (Å²) in [6.07, 6.45) is 2.56. The average Bonchev–Trinajstić information content (AvgIpc) is 3.52. The maximum atomic E-state index is 13.9. The molecule has 0 bridgehead atoms. The summed E-state index contributed by atoms with van der Waals surface area (Å²) in [5.41, 5.74) is 2.11. The van der Waals surface area contributed by atoms with Crippen LogP contribution in [0.1, 0.15) is 30.9 Å². The third-order valence-corrected chi connectivity index (χ3v) is 7.80. The van der Waals surface area contributed by atoms with Crippen molar-refractivity contribution in [1.82, 2.24) is 4.90 Å². The molecule has 164 valence electrons. The minimum atomic E-state index is -1.12. The zero-order chi connectivity index (χ0) is 22.2. The Bertz CT molecular complexity index is 1160. The normalized spacial score (nSPS) is 30.6. The summed E-state index contributed by atoms with van der Waals surface area (Å²) in [5.74, 6) is -1.26. The predicted molar refractivity (Wildman–Crippen MR) is 118 cm³/mol. The van der Waals surface area contributed by atoms with Crippen molar-refractivity contribution in [2.24, 2.45) is 11.8 Å². The molecule has 4 aliphatic heterocycles. The Morgan fingerprint density at radius 3 is 2.59 bits per heavy atom. The number of methoxy groups -OCH3 is 1. The number of anilines is 2. The molecule has 7 heteroatoms. The van der Waals surface area contributed by atoms with Gasteiger partial charge in [-0.2, -0.15) is 0 Å². The zero-order valence-corrected chi connectivity index (χ0v) is 18.1. The largest absolute Gasteiger partial charge is 0.497 e. The summed E-state index contributed by atoms with van der Waals surface area (Å²) in [4.78, 5) is 44.7. The van der Waals surface area contributed by atoms with Crippen LogP contribution in [0.25, 0.3) is 0 Å². The van der Waals surface area contributed by atoms with Crippen molar-refractivity contribution in [3.63, 3.8) is 0 Å². The Morgan fingerprint density at radius 1 is 1.09 bits per heavy atom. The van der Waals surface area contributed by atoms with E-state index in [1.165, 1.54) is 4.90 Å². The Morgan fingerprint density at radius 2 is 1.88 bits per heavy atom. The third-order valence-electron chi connectivity index (χ3n) is 7.80. The monoisotopic (exact) mass is 431 g/mol. The number of rotatable bonds is 3. The minimum absolute atomic E-state index is 0.110. The number of nitrogens with one attached hydrogen (secondary N) is 1. The first-order valence-corrected chi connectivity index (χ1v) is 11.3. The molecule has 1 N–H and O–H groups in total. The van der Waals surface area contributed by atoms with Crippen LogP contribution in [-0.4, -0.2) is 42.3 Å². The van der Waals surface area contributed by atoms with Crippen LogP contribution in [0.4, 0.5) is 11.4 Å². The quantitative estimate of drug-likeness (QED) is 0.756. The Kier molecular flexibility index (Phi) is 4.05. The molecule has 4 aliphatic rings. The number of carbonyl (C=O) groups is 3. The molecule has 3 saturated heterocycles. The Balaban J connectivity index is 1.52. The number of carbonyl (C=O) groups excluding carboxylic acids is 3. The molecule has 0 radical (unpaired) electrons. The third kappa shape index (κ3) is 2.21. The number of amides is 3. The topological polar surface area (TPSA) is 79.0 Å². The first kappa shape index (κ1) is 19.5. The lowest BCUT2D eigenvalue weighted by atomic mass is 9.75. The van der Waals surface area contributed by atoms with Gasteiger partial charge in [-0.05, 0) is 61.7 Å². The van der Waals surface area contributed by atoms with Gasteiger partial charge >= 0.3 is 0 Å². The van der Waals surface area contributed by atoms with Crippen LogP contribution in [0.3, 0.4) is 0 Å². The second-order valence-electron chi connectivity index (χ2n) is 9.07. The lowest BCUT2D eigenvalue weighted by Gasteiger charge is -2.36. The Hall–Kier alpha value is -3.19. The Labute approximate surface area is 186 Å². The second-order valence-corrected chi connectivity index (χ2v) is 9.07. The molecule has 0 saturated carbocycles. The molecule has 2 aromatic carbocycles. The molecule has 6 rings (SSSR count). The van der Waals surface area contributed by atoms with Crippen LogP contribution in [0.2, 0.25) is 0 Å². The van der Waals surface area contributed by atoms with Gasteiger partial charge < -0.3 is 10.1 Å². The summed E-state index contributed by atoms with van der Waals surface area (Å²) in [6.45, 7) is 2.79. The maximum Gasteiger partial charge on any atom is 0.250 e. The van der Waals surface area contributed by atoms with Crippen LogP contribution in [-0.2, 0) is 26.3 Å². The van der Waals surface area contributed by atoms with Gasteiger partial charge in [-0.15, -0.1) is 0 Å². The van der Waals surface area contributed by atoms with E-state index in [0.717, 1.165) is 36.1 Å². The van der Waals surface area contributed by atoms with E-state index in [1.807, 2.05) is 12.1 Å². The van der Waals surface area contributed by atoms with Gasteiger partial charge in [0.15, 0.2) is 0 Å². The molecule has 1 spiro atoms. The van der Waals surface area contributed by atoms with Gasteiger partial charge in [-0.1, -0.05) is 19.1 Å². The van der Waals surface area contributed by atoms with Gasteiger partial charge in [0.1, 0.15) is 11.3 Å². The van der Waals surface area contributed by atoms with E-state index in [9.17, 15) is 14.4 Å². The van der Waals surface area contributed by atoms with E-state index < -0.39 is 17.4 Å². The number of hydrogen-bond donors (Lipinski definition) is 1. The molecule has 2 aromatic rings. The van der Waals surface area contributed by atoms with Crippen molar-refractivity contribution < 1.29 is 19.1 Å². The number of nitrogens with zero attached hydrogens (tertiary/aromatic N) is 2. The highest BCUT2D eigenvalue weighted by molar-refractivity contribution is 6.25. The molecule has 7 nitrogen and oxygen atoms in total. The number of fused-ring (bicyclic) bond motifs is 7. The molecule has 0 aliphatic carbocycles. The lowest BCUT2D eigenvalue weighted by molar-refractivity contribution is -0.135. The fraction of sp³-hybridized carbons (Fsp3) is 0.400. The highest BCUT2D eigenvalue weighted by Gasteiger charge is 2.74. The zero-order valence-electron chi connectivity index (χ0n) is 18.1. The highest BCUT2D eigenvalue weighted by atomic mass is 16.5. The number of imide groups is 1. The molecule has 4 heterocycles.